The SMILES string of the molecule is CC(C)(N)Cc1nccc(-c2ccc3ncoc3c2)n1. The van der Waals surface area contributed by atoms with E-state index < -0.39 is 0 Å². The van der Waals surface area contributed by atoms with E-state index in [2.05, 4.69) is 15.0 Å². The molecule has 2 aromatic heterocycles. The number of oxazole rings is 1. The van der Waals surface area contributed by atoms with E-state index in [0.29, 0.717) is 6.42 Å². The fraction of sp³-hybridized carbons (Fsp3) is 0.267. The second kappa shape index (κ2) is 4.68. The number of nitrogens with zero attached hydrogens (tertiary/aromatic N) is 3. The average Bonchev–Trinajstić information content (AvgIpc) is 2.84. The Balaban J connectivity index is 1.98. The Morgan fingerprint density at radius 1 is 1.20 bits per heavy atom. The summed E-state index contributed by atoms with van der Waals surface area (Å²) in [5.41, 5.74) is 9.12. The Bertz CT molecular complexity index is 743. The van der Waals surface area contributed by atoms with Crippen LogP contribution < -0.4 is 5.73 Å². The van der Waals surface area contributed by atoms with Crippen molar-refractivity contribution in [3.05, 3.63) is 42.7 Å². The maximum Gasteiger partial charge on any atom is 0.181 e. The number of nitrogens with two attached hydrogens (primary N) is 1. The van der Waals surface area contributed by atoms with Gasteiger partial charge in [-0.15, -0.1) is 0 Å². The summed E-state index contributed by atoms with van der Waals surface area (Å²) in [4.78, 5) is 12.9. The van der Waals surface area contributed by atoms with Gasteiger partial charge in [-0.25, -0.2) is 15.0 Å². The number of benzene rings is 1. The lowest BCUT2D eigenvalue weighted by atomic mass is 10.0. The molecule has 0 aliphatic heterocycles. The topological polar surface area (TPSA) is 77.8 Å². The molecule has 0 aliphatic rings. The van der Waals surface area contributed by atoms with Crippen LogP contribution in [0.5, 0.6) is 0 Å². The molecule has 0 saturated heterocycles. The predicted octanol–water partition coefficient (Wildman–Crippen LogP) is 2.56. The predicted molar refractivity (Wildman–Crippen MR) is 77.0 cm³/mol. The van der Waals surface area contributed by atoms with Crippen molar-refractivity contribution in [2.24, 2.45) is 5.73 Å². The van der Waals surface area contributed by atoms with E-state index in [-0.39, 0.29) is 5.54 Å². The Kier molecular flexibility index (Phi) is 2.99. The Labute approximate surface area is 116 Å². The molecule has 5 heteroatoms. The van der Waals surface area contributed by atoms with E-state index in [4.69, 9.17) is 10.2 Å². The largest absolute Gasteiger partial charge is 0.443 e. The minimum atomic E-state index is -0.326. The van der Waals surface area contributed by atoms with Crippen molar-refractivity contribution in [3.8, 4) is 11.3 Å². The van der Waals surface area contributed by atoms with Gasteiger partial charge in [-0.1, -0.05) is 6.07 Å². The van der Waals surface area contributed by atoms with E-state index in [9.17, 15) is 0 Å². The molecule has 0 atom stereocenters. The third-order valence-corrected chi connectivity index (χ3v) is 2.95. The van der Waals surface area contributed by atoms with Gasteiger partial charge in [0.15, 0.2) is 12.0 Å². The second-order valence-electron chi connectivity index (χ2n) is 5.56. The molecule has 1 aromatic carbocycles. The summed E-state index contributed by atoms with van der Waals surface area (Å²) in [5, 5.41) is 0. The molecule has 5 nitrogen and oxygen atoms in total. The van der Waals surface area contributed by atoms with Gasteiger partial charge in [-0.3, -0.25) is 0 Å². The van der Waals surface area contributed by atoms with Gasteiger partial charge in [-0.2, -0.15) is 0 Å². The van der Waals surface area contributed by atoms with Gasteiger partial charge in [0, 0.05) is 23.7 Å². The standard InChI is InChI=1S/C15H16N4O/c1-15(2,16)8-14-17-6-5-11(19-14)10-3-4-12-13(7-10)20-9-18-12/h3-7,9H,8,16H2,1-2H3. The molecule has 0 unspecified atom stereocenters. The third kappa shape index (κ3) is 2.67. The quantitative estimate of drug-likeness (QED) is 0.789. The fourth-order valence-electron chi connectivity index (χ4n) is 2.07. The molecule has 0 fully saturated rings. The monoisotopic (exact) mass is 268 g/mol. The highest BCUT2D eigenvalue weighted by atomic mass is 16.3. The lowest BCUT2D eigenvalue weighted by Gasteiger charge is -2.17. The van der Waals surface area contributed by atoms with Gasteiger partial charge in [0.1, 0.15) is 11.3 Å². The number of fused-ring (bicyclic) bond motifs is 1. The van der Waals surface area contributed by atoms with Crippen molar-refractivity contribution in [2.75, 3.05) is 0 Å². The normalized spacial score (nSPS) is 11.9. The van der Waals surface area contributed by atoms with Gasteiger partial charge >= 0.3 is 0 Å². The summed E-state index contributed by atoms with van der Waals surface area (Å²) in [5.74, 6) is 0.743. The van der Waals surface area contributed by atoms with Crippen molar-refractivity contribution < 1.29 is 4.42 Å². The van der Waals surface area contributed by atoms with Crippen molar-refractivity contribution in [1.29, 1.82) is 0 Å². The van der Waals surface area contributed by atoms with Crippen molar-refractivity contribution in [3.63, 3.8) is 0 Å². The zero-order valence-corrected chi connectivity index (χ0v) is 11.5. The summed E-state index contributed by atoms with van der Waals surface area (Å²) in [6.45, 7) is 3.92. The molecule has 3 rings (SSSR count). The first kappa shape index (κ1) is 12.7. The molecule has 0 saturated carbocycles. The van der Waals surface area contributed by atoms with Gasteiger partial charge in [-0.05, 0) is 32.0 Å². The van der Waals surface area contributed by atoms with E-state index >= 15 is 0 Å². The number of rotatable bonds is 3. The summed E-state index contributed by atoms with van der Waals surface area (Å²) < 4.78 is 5.32. The van der Waals surface area contributed by atoms with Crippen molar-refractivity contribution in [2.45, 2.75) is 25.8 Å². The molecule has 0 aliphatic carbocycles. The Hall–Kier alpha value is -2.27. The zero-order valence-electron chi connectivity index (χ0n) is 11.5. The first-order chi connectivity index (χ1) is 9.51. The lowest BCUT2D eigenvalue weighted by molar-refractivity contribution is 0.502. The maximum atomic E-state index is 6.01. The third-order valence-electron chi connectivity index (χ3n) is 2.95. The van der Waals surface area contributed by atoms with Crippen LogP contribution in [0.2, 0.25) is 0 Å². The maximum absolute atomic E-state index is 6.01. The molecule has 102 valence electrons. The minimum absolute atomic E-state index is 0.326. The van der Waals surface area contributed by atoms with E-state index in [1.807, 2.05) is 38.1 Å². The zero-order chi connectivity index (χ0) is 14.2. The Morgan fingerprint density at radius 3 is 2.85 bits per heavy atom. The Morgan fingerprint density at radius 2 is 2.05 bits per heavy atom. The van der Waals surface area contributed by atoms with Crippen LogP contribution in [-0.2, 0) is 6.42 Å². The minimum Gasteiger partial charge on any atom is -0.443 e. The van der Waals surface area contributed by atoms with Crippen LogP contribution >= 0.6 is 0 Å². The van der Waals surface area contributed by atoms with Gasteiger partial charge in [0.2, 0.25) is 0 Å². The second-order valence-corrected chi connectivity index (χ2v) is 5.56. The van der Waals surface area contributed by atoms with Gasteiger partial charge < -0.3 is 10.2 Å². The molecule has 0 bridgehead atoms. The highest BCUT2D eigenvalue weighted by Crippen LogP contribution is 2.22. The molecule has 0 spiro atoms. The lowest BCUT2D eigenvalue weighted by Crippen LogP contribution is -2.35. The summed E-state index contributed by atoms with van der Waals surface area (Å²) in [6.07, 6.45) is 3.83. The van der Waals surface area contributed by atoms with Crippen LogP contribution in [-0.4, -0.2) is 20.5 Å². The fourth-order valence-corrected chi connectivity index (χ4v) is 2.07. The van der Waals surface area contributed by atoms with Crippen LogP contribution in [0.15, 0.2) is 41.3 Å². The summed E-state index contributed by atoms with van der Waals surface area (Å²) in [7, 11) is 0. The highest BCUT2D eigenvalue weighted by molar-refractivity contribution is 5.78. The molecule has 0 radical (unpaired) electrons. The molecule has 0 amide bonds. The van der Waals surface area contributed by atoms with Crippen LogP contribution in [0.4, 0.5) is 0 Å². The molecule has 2 heterocycles. The van der Waals surface area contributed by atoms with Crippen LogP contribution in [0.3, 0.4) is 0 Å². The number of hydrogen-bond donors (Lipinski definition) is 1. The number of aromatic nitrogens is 3. The van der Waals surface area contributed by atoms with Crippen LogP contribution in [0.1, 0.15) is 19.7 Å². The summed E-state index contributed by atoms with van der Waals surface area (Å²) in [6, 6.07) is 7.71. The average molecular weight is 268 g/mol. The van der Waals surface area contributed by atoms with Gasteiger partial charge in [0.05, 0.1) is 5.69 Å². The van der Waals surface area contributed by atoms with E-state index in [0.717, 1.165) is 28.2 Å². The molecular formula is C15H16N4O. The van der Waals surface area contributed by atoms with Gasteiger partial charge in [0.25, 0.3) is 0 Å². The highest BCUT2D eigenvalue weighted by Gasteiger charge is 2.14. The van der Waals surface area contributed by atoms with E-state index in [1.54, 1.807) is 6.20 Å². The van der Waals surface area contributed by atoms with Crippen molar-refractivity contribution >= 4 is 11.1 Å². The molecular weight excluding hydrogens is 252 g/mol. The summed E-state index contributed by atoms with van der Waals surface area (Å²) >= 11 is 0. The first-order valence-electron chi connectivity index (χ1n) is 6.46. The smallest absolute Gasteiger partial charge is 0.181 e. The molecule has 3 aromatic rings. The molecule has 2 N–H and O–H groups in total. The first-order valence-corrected chi connectivity index (χ1v) is 6.46. The molecule has 20 heavy (non-hydrogen) atoms. The van der Waals surface area contributed by atoms with E-state index in [1.165, 1.54) is 6.39 Å². The van der Waals surface area contributed by atoms with Crippen LogP contribution in [0, 0.1) is 0 Å². The van der Waals surface area contributed by atoms with Crippen LogP contribution in [0.25, 0.3) is 22.4 Å². The van der Waals surface area contributed by atoms with Crippen molar-refractivity contribution in [1.82, 2.24) is 15.0 Å². The number of hydrogen-bond acceptors (Lipinski definition) is 5.